The molecule has 1 N–H and O–H groups in total. The highest BCUT2D eigenvalue weighted by Crippen LogP contribution is 2.22. The molecule has 1 heterocycles. The maximum Gasteiger partial charge on any atom is 0.401 e. The van der Waals surface area contributed by atoms with E-state index in [1.165, 1.54) is 4.90 Å². The van der Waals surface area contributed by atoms with Crippen molar-refractivity contribution in [2.75, 3.05) is 32.8 Å². The molecule has 0 spiro atoms. The van der Waals surface area contributed by atoms with Crippen LogP contribution in [0.25, 0.3) is 0 Å². The SMILES string of the molecule is CCCNC(CN(CC(F)(F)F)C(C)C)C1CCOC1. The van der Waals surface area contributed by atoms with Gasteiger partial charge in [-0.3, -0.25) is 4.90 Å². The van der Waals surface area contributed by atoms with Crippen molar-refractivity contribution in [3.05, 3.63) is 0 Å². The normalized spacial score (nSPS) is 21.9. The second-order valence-corrected chi connectivity index (χ2v) is 5.82. The summed E-state index contributed by atoms with van der Waals surface area (Å²) >= 11 is 0. The van der Waals surface area contributed by atoms with Crippen LogP contribution in [0.5, 0.6) is 0 Å². The van der Waals surface area contributed by atoms with E-state index in [0.29, 0.717) is 19.1 Å². The predicted octanol–water partition coefficient (Wildman–Crippen LogP) is 2.66. The van der Waals surface area contributed by atoms with E-state index in [4.69, 9.17) is 4.74 Å². The molecular formula is C14H27F3N2O. The van der Waals surface area contributed by atoms with E-state index in [9.17, 15) is 13.2 Å². The molecule has 1 saturated heterocycles. The molecule has 0 aromatic carbocycles. The standard InChI is InChI=1S/C14H27F3N2O/c1-4-6-18-13(12-5-7-20-9-12)8-19(11(2)3)10-14(15,16)17/h11-13,18H,4-10H2,1-3H3. The van der Waals surface area contributed by atoms with Crippen LogP contribution in [-0.4, -0.2) is 56.0 Å². The molecule has 0 amide bonds. The highest BCUT2D eigenvalue weighted by molar-refractivity contribution is 4.84. The van der Waals surface area contributed by atoms with Gasteiger partial charge in [-0.15, -0.1) is 0 Å². The van der Waals surface area contributed by atoms with Crippen molar-refractivity contribution in [2.24, 2.45) is 5.92 Å². The molecule has 6 heteroatoms. The van der Waals surface area contributed by atoms with Crippen molar-refractivity contribution in [2.45, 2.75) is 51.9 Å². The van der Waals surface area contributed by atoms with E-state index in [1.807, 2.05) is 13.8 Å². The van der Waals surface area contributed by atoms with E-state index in [0.717, 1.165) is 26.0 Å². The summed E-state index contributed by atoms with van der Waals surface area (Å²) in [6, 6.07) is -0.0490. The number of alkyl halides is 3. The second kappa shape index (κ2) is 8.20. The minimum atomic E-state index is -4.15. The molecule has 1 aliphatic rings. The zero-order chi connectivity index (χ0) is 15.2. The number of halogens is 3. The summed E-state index contributed by atoms with van der Waals surface area (Å²) in [5.41, 5.74) is 0. The molecule has 1 fully saturated rings. The van der Waals surface area contributed by atoms with Gasteiger partial charge in [0.2, 0.25) is 0 Å². The summed E-state index contributed by atoms with van der Waals surface area (Å²) in [6.07, 6.45) is -2.24. The number of ether oxygens (including phenoxy) is 1. The summed E-state index contributed by atoms with van der Waals surface area (Å²) in [6.45, 7) is 7.47. The van der Waals surface area contributed by atoms with Gasteiger partial charge in [-0.25, -0.2) is 0 Å². The number of rotatable bonds is 8. The summed E-state index contributed by atoms with van der Waals surface area (Å²) in [4.78, 5) is 1.51. The van der Waals surface area contributed by atoms with Gasteiger partial charge in [0.25, 0.3) is 0 Å². The molecule has 20 heavy (non-hydrogen) atoms. The van der Waals surface area contributed by atoms with E-state index in [-0.39, 0.29) is 12.1 Å². The third kappa shape index (κ3) is 6.41. The van der Waals surface area contributed by atoms with Crippen molar-refractivity contribution < 1.29 is 17.9 Å². The molecule has 3 nitrogen and oxygen atoms in total. The number of hydrogen-bond acceptors (Lipinski definition) is 3. The lowest BCUT2D eigenvalue weighted by Crippen LogP contribution is -2.50. The first kappa shape index (κ1) is 17.7. The highest BCUT2D eigenvalue weighted by atomic mass is 19.4. The second-order valence-electron chi connectivity index (χ2n) is 5.82. The van der Waals surface area contributed by atoms with E-state index >= 15 is 0 Å². The molecule has 0 radical (unpaired) electrons. The number of nitrogens with one attached hydrogen (secondary N) is 1. The van der Waals surface area contributed by atoms with E-state index in [2.05, 4.69) is 12.2 Å². The van der Waals surface area contributed by atoms with Gasteiger partial charge >= 0.3 is 6.18 Å². The lowest BCUT2D eigenvalue weighted by molar-refractivity contribution is -0.150. The number of nitrogens with zero attached hydrogens (tertiary/aromatic N) is 1. The third-order valence-corrected chi connectivity index (χ3v) is 3.73. The Labute approximate surface area is 119 Å². The van der Waals surface area contributed by atoms with Crippen molar-refractivity contribution in [3.8, 4) is 0 Å². The molecule has 0 aromatic rings. The Morgan fingerprint density at radius 2 is 2.05 bits per heavy atom. The molecule has 1 aliphatic heterocycles. The monoisotopic (exact) mass is 296 g/mol. The third-order valence-electron chi connectivity index (χ3n) is 3.73. The van der Waals surface area contributed by atoms with Crippen LogP contribution in [0, 0.1) is 5.92 Å². The summed E-state index contributed by atoms with van der Waals surface area (Å²) in [5, 5.41) is 3.39. The van der Waals surface area contributed by atoms with Crippen molar-refractivity contribution >= 4 is 0 Å². The van der Waals surface area contributed by atoms with Crippen LogP contribution >= 0.6 is 0 Å². The molecule has 120 valence electrons. The lowest BCUT2D eigenvalue weighted by Gasteiger charge is -2.34. The zero-order valence-corrected chi connectivity index (χ0v) is 12.7. The summed E-state index contributed by atoms with van der Waals surface area (Å²) in [5.74, 6) is 0.316. The maximum absolute atomic E-state index is 12.7. The topological polar surface area (TPSA) is 24.5 Å². The van der Waals surface area contributed by atoms with Gasteiger partial charge in [0, 0.05) is 31.2 Å². The largest absolute Gasteiger partial charge is 0.401 e. The molecule has 2 atom stereocenters. The smallest absolute Gasteiger partial charge is 0.381 e. The van der Waals surface area contributed by atoms with Gasteiger partial charge in [0.05, 0.1) is 13.2 Å². The Balaban J connectivity index is 2.62. The molecule has 2 unspecified atom stereocenters. The fourth-order valence-corrected chi connectivity index (χ4v) is 2.52. The quantitative estimate of drug-likeness (QED) is 0.745. The van der Waals surface area contributed by atoms with Gasteiger partial charge in [0.1, 0.15) is 0 Å². The van der Waals surface area contributed by atoms with Crippen LogP contribution in [0.2, 0.25) is 0 Å². The summed E-state index contributed by atoms with van der Waals surface area (Å²) < 4.78 is 43.4. The average molecular weight is 296 g/mol. The van der Waals surface area contributed by atoms with Crippen LogP contribution in [-0.2, 0) is 4.74 Å². The highest BCUT2D eigenvalue weighted by Gasteiger charge is 2.34. The van der Waals surface area contributed by atoms with Crippen molar-refractivity contribution in [3.63, 3.8) is 0 Å². The minimum Gasteiger partial charge on any atom is -0.381 e. The average Bonchev–Trinajstić information content (AvgIpc) is 2.84. The Hall–Kier alpha value is -0.330. The Kier molecular flexibility index (Phi) is 7.26. The Morgan fingerprint density at radius 1 is 1.35 bits per heavy atom. The zero-order valence-electron chi connectivity index (χ0n) is 12.7. The first-order valence-corrected chi connectivity index (χ1v) is 7.45. The van der Waals surface area contributed by atoms with Crippen molar-refractivity contribution in [1.29, 1.82) is 0 Å². The molecule has 0 saturated carbocycles. The van der Waals surface area contributed by atoms with Gasteiger partial charge < -0.3 is 10.1 Å². The molecule has 1 rings (SSSR count). The van der Waals surface area contributed by atoms with E-state index in [1.54, 1.807) is 0 Å². The number of hydrogen-bond donors (Lipinski definition) is 1. The van der Waals surface area contributed by atoms with E-state index < -0.39 is 12.7 Å². The molecule has 0 aliphatic carbocycles. The summed E-state index contributed by atoms with van der Waals surface area (Å²) in [7, 11) is 0. The first-order chi connectivity index (χ1) is 9.33. The van der Waals surface area contributed by atoms with Crippen LogP contribution < -0.4 is 5.32 Å². The first-order valence-electron chi connectivity index (χ1n) is 7.45. The molecule has 0 aromatic heterocycles. The van der Waals surface area contributed by atoms with Gasteiger partial charge in [-0.2, -0.15) is 13.2 Å². The van der Waals surface area contributed by atoms with Crippen LogP contribution in [0.15, 0.2) is 0 Å². The van der Waals surface area contributed by atoms with Crippen LogP contribution in [0.3, 0.4) is 0 Å². The molecular weight excluding hydrogens is 269 g/mol. The maximum atomic E-state index is 12.7. The fraction of sp³-hybridized carbons (Fsp3) is 1.00. The van der Waals surface area contributed by atoms with Gasteiger partial charge in [-0.1, -0.05) is 6.92 Å². The Morgan fingerprint density at radius 3 is 2.50 bits per heavy atom. The Bertz CT molecular complexity index is 266. The van der Waals surface area contributed by atoms with Crippen LogP contribution in [0.4, 0.5) is 13.2 Å². The molecule has 0 bridgehead atoms. The predicted molar refractivity (Wildman–Crippen MR) is 73.8 cm³/mol. The van der Waals surface area contributed by atoms with Crippen molar-refractivity contribution in [1.82, 2.24) is 10.2 Å². The van der Waals surface area contributed by atoms with Gasteiger partial charge in [0.15, 0.2) is 0 Å². The fourth-order valence-electron chi connectivity index (χ4n) is 2.52. The van der Waals surface area contributed by atoms with Crippen LogP contribution in [0.1, 0.15) is 33.6 Å². The lowest BCUT2D eigenvalue weighted by atomic mass is 9.97. The van der Waals surface area contributed by atoms with Gasteiger partial charge in [-0.05, 0) is 33.2 Å². The minimum absolute atomic E-state index is 0.0715.